The van der Waals surface area contributed by atoms with Crippen LogP contribution in [0.3, 0.4) is 0 Å². The van der Waals surface area contributed by atoms with Gasteiger partial charge in [0, 0.05) is 75.7 Å². The van der Waals surface area contributed by atoms with Gasteiger partial charge in [-0.15, -0.1) is 0 Å². The van der Waals surface area contributed by atoms with Gasteiger partial charge in [-0.2, -0.15) is 0 Å². The first-order chi connectivity index (χ1) is 17.1. The van der Waals surface area contributed by atoms with Gasteiger partial charge in [0.1, 0.15) is 6.10 Å². The topological polar surface area (TPSA) is 84.8 Å². The molecule has 8 nitrogen and oxygen atoms in total. The molecule has 1 aromatic heterocycles. The van der Waals surface area contributed by atoms with Crippen molar-refractivity contribution in [3.63, 3.8) is 0 Å². The second-order valence-electron chi connectivity index (χ2n) is 10.2. The molecule has 2 amide bonds. The van der Waals surface area contributed by atoms with Crippen molar-refractivity contribution in [2.45, 2.75) is 69.8 Å². The zero-order valence-corrected chi connectivity index (χ0v) is 20.7. The number of hydrogen-bond donors (Lipinski definition) is 2. The lowest BCUT2D eigenvalue weighted by atomic mass is 9.93. The van der Waals surface area contributed by atoms with Gasteiger partial charge in [-0.05, 0) is 50.2 Å². The number of carbonyl (C=O) groups is 2. The number of ether oxygens (including phenoxy) is 2. The van der Waals surface area contributed by atoms with Gasteiger partial charge >= 0.3 is 0 Å². The highest BCUT2D eigenvalue weighted by atomic mass is 16.5. The van der Waals surface area contributed by atoms with Gasteiger partial charge in [0.05, 0.1) is 5.92 Å². The zero-order chi connectivity index (χ0) is 24.2. The number of aromatic nitrogens is 1. The SMILES string of the molecule is COCCCn1cc(CN(C(=O)[C@@H]2CNC[C@H](NC(=O)C3CCCO3)C2)C2CC2)c2ccccc21. The van der Waals surface area contributed by atoms with Crippen LogP contribution in [0.25, 0.3) is 10.9 Å². The van der Waals surface area contributed by atoms with Crippen LogP contribution in [0.15, 0.2) is 30.5 Å². The number of benzene rings is 1. The number of aryl methyl sites for hydroxylation is 1. The van der Waals surface area contributed by atoms with Crippen molar-refractivity contribution >= 4 is 22.7 Å². The van der Waals surface area contributed by atoms with Crippen LogP contribution >= 0.6 is 0 Å². The Morgan fingerprint density at radius 1 is 1.23 bits per heavy atom. The average molecular weight is 483 g/mol. The van der Waals surface area contributed by atoms with Crippen LogP contribution in [0.1, 0.15) is 44.1 Å². The summed E-state index contributed by atoms with van der Waals surface area (Å²) in [5.41, 5.74) is 2.41. The highest BCUT2D eigenvalue weighted by Gasteiger charge is 2.38. The van der Waals surface area contributed by atoms with Crippen LogP contribution in [0, 0.1) is 5.92 Å². The third kappa shape index (κ3) is 5.71. The first-order valence-corrected chi connectivity index (χ1v) is 13.1. The van der Waals surface area contributed by atoms with Crippen molar-refractivity contribution in [1.29, 1.82) is 0 Å². The predicted octanol–water partition coefficient (Wildman–Crippen LogP) is 2.44. The van der Waals surface area contributed by atoms with E-state index in [1.165, 1.54) is 16.5 Å². The summed E-state index contributed by atoms with van der Waals surface area (Å²) in [6, 6.07) is 8.73. The maximum atomic E-state index is 13.8. The molecular weight excluding hydrogens is 444 g/mol. The smallest absolute Gasteiger partial charge is 0.249 e. The van der Waals surface area contributed by atoms with E-state index in [1.807, 2.05) is 0 Å². The largest absolute Gasteiger partial charge is 0.385 e. The number of carbonyl (C=O) groups excluding carboxylic acids is 2. The van der Waals surface area contributed by atoms with Crippen LogP contribution in [0.2, 0.25) is 0 Å². The van der Waals surface area contributed by atoms with E-state index in [-0.39, 0.29) is 29.9 Å². The molecule has 3 heterocycles. The molecule has 0 radical (unpaired) electrons. The van der Waals surface area contributed by atoms with Crippen molar-refractivity contribution in [2.24, 2.45) is 5.92 Å². The second kappa shape index (κ2) is 11.1. The molecule has 1 aliphatic carbocycles. The Labute approximate surface area is 207 Å². The minimum Gasteiger partial charge on any atom is -0.385 e. The van der Waals surface area contributed by atoms with Gasteiger partial charge in [0.25, 0.3) is 0 Å². The molecule has 3 fully saturated rings. The van der Waals surface area contributed by atoms with E-state index < -0.39 is 0 Å². The van der Waals surface area contributed by atoms with Crippen molar-refractivity contribution in [1.82, 2.24) is 20.1 Å². The predicted molar refractivity (Wildman–Crippen MR) is 134 cm³/mol. The maximum absolute atomic E-state index is 13.8. The van der Waals surface area contributed by atoms with Gasteiger partial charge in [-0.1, -0.05) is 18.2 Å². The fourth-order valence-corrected chi connectivity index (χ4v) is 5.52. The summed E-state index contributed by atoms with van der Waals surface area (Å²) in [6.45, 7) is 4.26. The lowest BCUT2D eigenvalue weighted by Crippen LogP contribution is -2.54. The van der Waals surface area contributed by atoms with Crippen molar-refractivity contribution in [3.05, 3.63) is 36.0 Å². The van der Waals surface area contributed by atoms with Gasteiger partial charge in [-0.25, -0.2) is 0 Å². The molecule has 0 spiro atoms. The fraction of sp³-hybridized carbons (Fsp3) is 0.630. The highest BCUT2D eigenvalue weighted by molar-refractivity contribution is 5.85. The summed E-state index contributed by atoms with van der Waals surface area (Å²) in [6.07, 6.45) is 7.35. The Morgan fingerprint density at radius 2 is 2.09 bits per heavy atom. The van der Waals surface area contributed by atoms with Crippen LogP contribution < -0.4 is 10.6 Å². The first kappa shape index (κ1) is 24.3. The monoisotopic (exact) mass is 482 g/mol. The molecular formula is C27H38N4O4. The fourth-order valence-electron chi connectivity index (χ4n) is 5.52. The summed E-state index contributed by atoms with van der Waals surface area (Å²) in [4.78, 5) is 28.4. The molecule has 2 aromatic rings. The van der Waals surface area contributed by atoms with Gasteiger partial charge < -0.3 is 29.6 Å². The number of para-hydroxylation sites is 1. The van der Waals surface area contributed by atoms with E-state index in [0.717, 1.165) is 45.3 Å². The molecule has 1 aromatic carbocycles. The van der Waals surface area contributed by atoms with Gasteiger partial charge in [-0.3, -0.25) is 9.59 Å². The molecule has 2 N–H and O–H groups in total. The number of piperidine rings is 1. The Morgan fingerprint density at radius 3 is 2.86 bits per heavy atom. The summed E-state index contributed by atoms with van der Waals surface area (Å²) < 4.78 is 13.1. The lowest BCUT2D eigenvalue weighted by molar-refractivity contribution is -0.138. The molecule has 2 aliphatic heterocycles. The van der Waals surface area contributed by atoms with E-state index in [9.17, 15) is 9.59 Å². The molecule has 1 unspecified atom stereocenters. The molecule has 35 heavy (non-hydrogen) atoms. The molecule has 1 saturated carbocycles. The van der Waals surface area contributed by atoms with Crippen LogP contribution in [-0.4, -0.2) is 72.9 Å². The Balaban J connectivity index is 1.27. The van der Waals surface area contributed by atoms with Gasteiger partial charge in [0.2, 0.25) is 11.8 Å². The number of methoxy groups -OCH3 is 1. The van der Waals surface area contributed by atoms with Gasteiger partial charge in [0.15, 0.2) is 0 Å². The third-order valence-electron chi connectivity index (χ3n) is 7.50. The number of amides is 2. The van der Waals surface area contributed by atoms with Crippen molar-refractivity contribution < 1.29 is 19.1 Å². The Kier molecular flexibility index (Phi) is 7.70. The number of nitrogens with one attached hydrogen (secondary N) is 2. The standard InChI is InChI=1S/C27H38N4O4/c1-34-12-5-11-30-17-20(23-6-2-3-7-24(23)30)18-31(22-9-10-22)27(33)19-14-21(16-28-15-19)29-26(32)25-8-4-13-35-25/h2-3,6-7,17,19,21-22,25,28H,4-5,8-16,18H2,1H3,(H,29,32)/t19-,21+,25?/m0/s1. The van der Waals surface area contributed by atoms with E-state index in [2.05, 4.69) is 50.6 Å². The van der Waals surface area contributed by atoms with Crippen LogP contribution in [-0.2, 0) is 32.2 Å². The number of rotatable bonds is 10. The summed E-state index contributed by atoms with van der Waals surface area (Å²) in [7, 11) is 1.73. The quantitative estimate of drug-likeness (QED) is 0.508. The molecule has 3 atom stereocenters. The van der Waals surface area contributed by atoms with E-state index in [4.69, 9.17) is 9.47 Å². The molecule has 3 aliphatic rings. The van der Waals surface area contributed by atoms with E-state index in [0.29, 0.717) is 38.7 Å². The highest BCUT2D eigenvalue weighted by Crippen LogP contribution is 2.33. The Hall–Kier alpha value is -2.42. The normalized spacial score (nSPS) is 24.5. The zero-order valence-electron chi connectivity index (χ0n) is 20.7. The molecule has 5 rings (SSSR count). The average Bonchev–Trinajstić information content (AvgIpc) is 3.44. The number of nitrogens with zero attached hydrogens (tertiary/aromatic N) is 2. The van der Waals surface area contributed by atoms with E-state index in [1.54, 1.807) is 7.11 Å². The minimum absolute atomic E-state index is 0.0391. The second-order valence-corrected chi connectivity index (χ2v) is 10.2. The van der Waals surface area contributed by atoms with Crippen LogP contribution in [0.5, 0.6) is 0 Å². The van der Waals surface area contributed by atoms with Crippen LogP contribution in [0.4, 0.5) is 0 Å². The molecule has 8 heteroatoms. The summed E-state index contributed by atoms with van der Waals surface area (Å²) in [5.74, 6) is 0.0317. The molecule has 2 saturated heterocycles. The minimum atomic E-state index is -0.338. The number of hydrogen-bond acceptors (Lipinski definition) is 5. The Bertz CT molecular complexity index is 1030. The number of fused-ring (bicyclic) bond motifs is 1. The molecule has 190 valence electrons. The van der Waals surface area contributed by atoms with Crippen molar-refractivity contribution in [3.8, 4) is 0 Å². The maximum Gasteiger partial charge on any atom is 0.249 e. The molecule has 0 bridgehead atoms. The summed E-state index contributed by atoms with van der Waals surface area (Å²) >= 11 is 0. The van der Waals surface area contributed by atoms with Crippen molar-refractivity contribution in [2.75, 3.05) is 33.4 Å². The van der Waals surface area contributed by atoms with E-state index >= 15 is 0 Å². The third-order valence-corrected chi connectivity index (χ3v) is 7.50. The first-order valence-electron chi connectivity index (χ1n) is 13.1. The summed E-state index contributed by atoms with van der Waals surface area (Å²) in [5, 5.41) is 7.72. The lowest BCUT2D eigenvalue weighted by Gasteiger charge is -2.34.